The summed E-state index contributed by atoms with van der Waals surface area (Å²) in [6, 6.07) is 6.59. The molecule has 7 heteroatoms. The van der Waals surface area contributed by atoms with Crippen molar-refractivity contribution in [2.24, 2.45) is 0 Å². The van der Waals surface area contributed by atoms with Crippen molar-refractivity contribution in [1.82, 2.24) is 5.32 Å². The number of rotatable bonds is 4. The molecule has 1 saturated heterocycles. The topological polar surface area (TPSA) is 90.9 Å². The Kier molecular flexibility index (Phi) is 5.39. The first-order chi connectivity index (χ1) is 12.0. The number of hydrogen-bond acceptors (Lipinski definition) is 6. The van der Waals surface area contributed by atoms with Gasteiger partial charge in [-0.1, -0.05) is 12.1 Å². The third-order valence-corrected chi connectivity index (χ3v) is 3.19. The van der Waals surface area contributed by atoms with Crippen LogP contribution in [0.3, 0.4) is 0 Å². The van der Waals surface area contributed by atoms with Crippen LogP contribution in [0.5, 0.6) is 5.75 Å². The van der Waals surface area contributed by atoms with Crippen molar-refractivity contribution in [2.75, 3.05) is 6.61 Å². The van der Waals surface area contributed by atoms with E-state index in [1.165, 1.54) is 19.9 Å². The monoisotopic (exact) mass is 361 g/mol. The first kappa shape index (κ1) is 19.5. The van der Waals surface area contributed by atoms with Crippen LogP contribution in [-0.2, 0) is 23.9 Å². The van der Waals surface area contributed by atoms with E-state index in [-0.39, 0.29) is 23.6 Å². The van der Waals surface area contributed by atoms with Crippen LogP contribution in [0.2, 0.25) is 0 Å². The van der Waals surface area contributed by atoms with E-state index >= 15 is 0 Å². The molecule has 1 aliphatic heterocycles. The van der Waals surface area contributed by atoms with Gasteiger partial charge >= 0.3 is 11.9 Å². The Morgan fingerprint density at radius 1 is 1.12 bits per heavy atom. The predicted octanol–water partition coefficient (Wildman–Crippen LogP) is 2.20. The number of carbonyl (C=O) groups is 3. The minimum Gasteiger partial charge on any atom is -0.484 e. The van der Waals surface area contributed by atoms with Crippen LogP contribution in [-0.4, -0.2) is 35.8 Å². The van der Waals surface area contributed by atoms with E-state index in [1.54, 1.807) is 24.3 Å². The molecule has 0 saturated carbocycles. The third-order valence-electron chi connectivity index (χ3n) is 3.19. The maximum Gasteiger partial charge on any atom is 0.348 e. The summed E-state index contributed by atoms with van der Waals surface area (Å²) in [6.07, 6.45) is 1.38. The van der Waals surface area contributed by atoms with Crippen molar-refractivity contribution in [3.05, 3.63) is 35.4 Å². The van der Waals surface area contributed by atoms with Gasteiger partial charge in [0.2, 0.25) is 0 Å². The number of carbonyl (C=O) groups excluding carboxylic acids is 3. The van der Waals surface area contributed by atoms with Crippen LogP contribution in [0.4, 0.5) is 0 Å². The zero-order valence-corrected chi connectivity index (χ0v) is 15.5. The molecule has 140 valence electrons. The fourth-order valence-electron chi connectivity index (χ4n) is 2.21. The zero-order valence-electron chi connectivity index (χ0n) is 15.5. The summed E-state index contributed by atoms with van der Waals surface area (Å²) in [5, 5.41) is 2.80. The molecule has 0 spiro atoms. The molecule has 1 aromatic carbocycles. The second-order valence-electron chi connectivity index (χ2n) is 7.39. The molecule has 0 radical (unpaired) electrons. The fraction of sp³-hybridized carbons (Fsp3) is 0.421. The van der Waals surface area contributed by atoms with Gasteiger partial charge in [0, 0.05) is 19.4 Å². The molecular formula is C19H23NO6. The van der Waals surface area contributed by atoms with Gasteiger partial charge in [0.15, 0.2) is 6.61 Å². The van der Waals surface area contributed by atoms with Crippen molar-refractivity contribution in [2.45, 2.75) is 45.9 Å². The molecule has 7 nitrogen and oxygen atoms in total. The number of hydrogen-bond donors (Lipinski definition) is 1. The van der Waals surface area contributed by atoms with Crippen molar-refractivity contribution in [3.63, 3.8) is 0 Å². The average Bonchev–Trinajstić information content (AvgIpc) is 2.47. The van der Waals surface area contributed by atoms with Gasteiger partial charge in [-0.3, -0.25) is 4.79 Å². The predicted molar refractivity (Wildman–Crippen MR) is 94.1 cm³/mol. The summed E-state index contributed by atoms with van der Waals surface area (Å²) < 4.78 is 15.5. The maximum absolute atomic E-state index is 11.9. The van der Waals surface area contributed by atoms with Gasteiger partial charge in [-0.25, -0.2) is 9.59 Å². The van der Waals surface area contributed by atoms with E-state index in [0.29, 0.717) is 11.3 Å². The van der Waals surface area contributed by atoms with Crippen LogP contribution in [0, 0.1) is 0 Å². The van der Waals surface area contributed by atoms with E-state index in [1.807, 2.05) is 20.8 Å². The van der Waals surface area contributed by atoms with E-state index in [2.05, 4.69) is 5.32 Å². The average molecular weight is 361 g/mol. The number of ether oxygens (including phenoxy) is 3. The fourth-order valence-corrected chi connectivity index (χ4v) is 2.21. The molecule has 1 fully saturated rings. The van der Waals surface area contributed by atoms with E-state index < -0.39 is 17.7 Å². The van der Waals surface area contributed by atoms with E-state index in [9.17, 15) is 14.4 Å². The second kappa shape index (κ2) is 7.19. The number of nitrogens with one attached hydrogen (secondary N) is 1. The van der Waals surface area contributed by atoms with Crippen LogP contribution in [0.1, 0.15) is 40.2 Å². The summed E-state index contributed by atoms with van der Waals surface area (Å²) in [6.45, 7) is 8.52. The van der Waals surface area contributed by atoms with Crippen LogP contribution in [0.25, 0.3) is 6.08 Å². The number of amides is 1. The van der Waals surface area contributed by atoms with Crippen molar-refractivity contribution in [1.29, 1.82) is 0 Å². The lowest BCUT2D eigenvalue weighted by atomic mass is 10.1. The first-order valence-corrected chi connectivity index (χ1v) is 8.17. The molecule has 1 amide bonds. The van der Waals surface area contributed by atoms with Gasteiger partial charge in [-0.2, -0.15) is 0 Å². The number of cyclic esters (lactones) is 2. The molecule has 2 rings (SSSR count). The summed E-state index contributed by atoms with van der Waals surface area (Å²) in [7, 11) is 0. The lowest BCUT2D eigenvalue weighted by molar-refractivity contribution is -0.222. The quantitative estimate of drug-likeness (QED) is 0.502. The Hall–Kier alpha value is -2.83. The van der Waals surface area contributed by atoms with Gasteiger partial charge < -0.3 is 19.5 Å². The highest BCUT2D eigenvalue weighted by atomic mass is 16.7. The van der Waals surface area contributed by atoms with Crippen LogP contribution in [0.15, 0.2) is 29.8 Å². The molecule has 26 heavy (non-hydrogen) atoms. The number of benzene rings is 1. The Balaban J connectivity index is 2.00. The SMILES string of the molecule is CC(C)(C)NC(=O)COc1ccc(C=C2C(=O)OC(C)(C)OC2=O)cc1. The highest BCUT2D eigenvalue weighted by Gasteiger charge is 2.38. The van der Waals surface area contributed by atoms with Gasteiger partial charge in [-0.05, 0) is 44.5 Å². The molecule has 0 aliphatic carbocycles. The summed E-state index contributed by atoms with van der Waals surface area (Å²) in [4.78, 5) is 35.6. The highest BCUT2D eigenvalue weighted by molar-refractivity contribution is 6.18. The van der Waals surface area contributed by atoms with Gasteiger partial charge in [-0.15, -0.1) is 0 Å². The van der Waals surface area contributed by atoms with Gasteiger partial charge in [0.1, 0.15) is 11.3 Å². The Bertz CT molecular complexity index is 718. The van der Waals surface area contributed by atoms with Crippen molar-refractivity contribution < 1.29 is 28.6 Å². The minimum absolute atomic E-state index is 0.106. The molecular weight excluding hydrogens is 338 g/mol. The third kappa shape index (κ3) is 5.61. The zero-order chi connectivity index (χ0) is 19.5. The van der Waals surface area contributed by atoms with Crippen molar-refractivity contribution >= 4 is 23.9 Å². The molecule has 0 aromatic heterocycles. The highest BCUT2D eigenvalue weighted by Crippen LogP contribution is 2.24. The van der Waals surface area contributed by atoms with Gasteiger partial charge in [0.05, 0.1) is 0 Å². The van der Waals surface area contributed by atoms with Crippen molar-refractivity contribution in [3.8, 4) is 5.75 Å². The number of esters is 2. The lowest BCUT2D eigenvalue weighted by Crippen LogP contribution is -2.43. The van der Waals surface area contributed by atoms with Crippen LogP contribution >= 0.6 is 0 Å². The molecule has 0 unspecified atom stereocenters. The summed E-state index contributed by atoms with van der Waals surface area (Å²) in [5.74, 6) is -2.46. The summed E-state index contributed by atoms with van der Waals surface area (Å²) >= 11 is 0. The largest absolute Gasteiger partial charge is 0.484 e. The molecule has 1 aliphatic rings. The molecule has 0 bridgehead atoms. The standard InChI is InChI=1S/C19H23NO6/c1-18(2,3)20-15(21)11-24-13-8-6-12(7-9-13)10-14-16(22)25-19(4,5)26-17(14)23/h6-10H,11H2,1-5H3,(H,20,21). The smallest absolute Gasteiger partial charge is 0.348 e. The molecule has 1 aromatic rings. The molecule has 0 atom stereocenters. The van der Waals surface area contributed by atoms with E-state index in [4.69, 9.17) is 14.2 Å². The minimum atomic E-state index is -1.27. The van der Waals surface area contributed by atoms with E-state index in [0.717, 1.165) is 0 Å². The molecule has 1 N–H and O–H groups in total. The van der Waals surface area contributed by atoms with Gasteiger partial charge in [0.25, 0.3) is 11.7 Å². The normalized spacial score (nSPS) is 16.4. The lowest BCUT2D eigenvalue weighted by Gasteiger charge is -2.29. The summed E-state index contributed by atoms with van der Waals surface area (Å²) in [5.41, 5.74) is 0.0940. The second-order valence-corrected chi connectivity index (χ2v) is 7.39. The maximum atomic E-state index is 11.9. The first-order valence-electron chi connectivity index (χ1n) is 8.17. The van der Waals surface area contributed by atoms with Crippen LogP contribution < -0.4 is 10.1 Å². The Morgan fingerprint density at radius 3 is 2.15 bits per heavy atom. The Morgan fingerprint density at radius 2 is 1.65 bits per heavy atom. The Labute approximate surface area is 152 Å². The molecule has 1 heterocycles.